The van der Waals surface area contributed by atoms with Gasteiger partial charge >= 0.3 is 0 Å². The maximum atomic E-state index is 13.9. The Balaban J connectivity index is 1.37. The molecule has 0 radical (unpaired) electrons. The zero-order valence-corrected chi connectivity index (χ0v) is 26.5. The van der Waals surface area contributed by atoms with Gasteiger partial charge in [-0.1, -0.05) is 55.3 Å². The molecule has 7 nitrogen and oxygen atoms in total. The second kappa shape index (κ2) is 12.4. The van der Waals surface area contributed by atoms with Crippen LogP contribution in [0.4, 0.5) is 5.69 Å². The molecule has 4 saturated carbocycles. The molecule has 4 bridgehead atoms. The molecule has 8 heteroatoms. The van der Waals surface area contributed by atoms with Gasteiger partial charge in [-0.05, 0) is 105 Å². The first-order valence-electron chi connectivity index (χ1n) is 15.7. The van der Waals surface area contributed by atoms with Crippen molar-refractivity contribution in [2.24, 2.45) is 17.8 Å². The van der Waals surface area contributed by atoms with Crippen LogP contribution in [0.5, 0.6) is 0 Å². The van der Waals surface area contributed by atoms with Crippen LogP contribution in [0.2, 0.25) is 0 Å². The van der Waals surface area contributed by atoms with E-state index >= 15 is 0 Å². The lowest BCUT2D eigenvalue weighted by Crippen LogP contribution is -2.51. The number of carbonyl (C=O) groups excluding carboxylic acids is 2. The van der Waals surface area contributed by atoms with Crippen LogP contribution in [-0.4, -0.2) is 50.5 Å². The number of unbranched alkanes of at least 4 members (excludes halogenated alkanes) is 1. The molecule has 228 valence electrons. The fourth-order valence-electron chi connectivity index (χ4n) is 8.19. The van der Waals surface area contributed by atoms with E-state index in [1.165, 1.54) is 53.3 Å². The minimum atomic E-state index is -3.76. The summed E-state index contributed by atoms with van der Waals surface area (Å²) < 4.78 is 27.3. The highest BCUT2D eigenvalue weighted by Crippen LogP contribution is 2.60. The zero-order valence-electron chi connectivity index (χ0n) is 25.6. The fraction of sp³-hybridized carbons (Fsp3) is 0.588. The van der Waals surface area contributed by atoms with Crippen molar-refractivity contribution >= 4 is 27.5 Å². The maximum absolute atomic E-state index is 13.9. The second-order valence-electron chi connectivity index (χ2n) is 13.3. The van der Waals surface area contributed by atoms with E-state index in [9.17, 15) is 18.0 Å². The quantitative estimate of drug-likeness (QED) is 0.327. The first-order valence-corrected chi connectivity index (χ1v) is 17.5. The van der Waals surface area contributed by atoms with Gasteiger partial charge in [0.1, 0.15) is 12.6 Å². The number of amides is 2. The molecule has 1 atom stereocenters. The van der Waals surface area contributed by atoms with Crippen LogP contribution in [0.15, 0.2) is 48.5 Å². The Kier molecular flexibility index (Phi) is 9.02. The second-order valence-corrected chi connectivity index (χ2v) is 15.3. The van der Waals surface area contributed by atoms with Crippen LogP contribution in [0, 0.1) is 24.7 Å². The molecule has 0 aromatic heterocycles. The van der Waals surface area contributed by atoms with Gasteiger partial charge in [-0.3, -0.25) is 13.9 Å². The Hall–Kier alpha value is -2.87. The van der Waals surface area contributed by atoms with Gasteiger partial charge in [0.15, 0.2) is 0 Å². The maximum Gasteiger partial charge on any atom is 0.244 e. The molecule has 6 rings (SSSR count). The number of hydrogen-bond acceptors (Lipinski definition) is 4. The van der Waals surface area contributed by atoms with Crippen molar-refractivity contribution in [2.75, 3.05) is 23.7 Å². The number of carbonyl (C=O) groups is 2. The van der Waals surface area contributed by atoms with Crippen LogP contribution in [0.25, 0.3) is 0 Å². The van der Waals surface area contributed by atoms with Gasteiger partial charge in [0.05, 0.1) is 11.9 Å². The van der Waals surface area contributed by atoms with Crippen LogP contribution >= 0.6 is 0 Å². The summed E-state index contributed by atoms with van der Waals surface area (Å²) in [6.07, 6.45) is 10.8. The molecule has 4 fully saturated rings. The third-order valence-electron chi connectivity index (χ3n) is 9.92. The van der Waals surface area contributed by atoms with Gasteiger partial charge in [-0.2, -0.15) is 0 Å². The van der Waals surface area contributed by atoms with E-state index in [4.69, 9.17) is 0 Å². The molecule has 1 N–H and O–H groups in total. The van der Waals surface area contributed by atoms with Crippen molar-refractivity contribution in [3.05, 3.63) is 65.2 Å². The summed E-state index contributed by atoms with van der Waals surface area (Å²) in [5.74, 6) is 1.81. The van der Waals surface area contributed by atoms with Gasteiger partial charge in [-0.25, -0.2) is 8.42 Å². The van der Waals surface area contributed by atoms with E-state index in [-0.39, 0.29) is 24.4 Å². The number of sulfonamides is 1. The van der Waals surface area contributed by atoms with Crippen LogP contribution in [-0.2, 0) is 31.6 Å². The van der Waals surface area contributed by atoms with E-state index < -0.39 is 22.0 Å². The molecule has 2 aromatic rings. The average Bonchev–Trinajstić information content (AvgIpc) is 2.93. The van der Waals surface area contributed by atoms with Crippen molar-refractivity contribution in [3.63, 3.8) is 0 Å². The highest BCUT2D eigenvalue weighted by atomic mass is 32.2. The van der Waals surface area contributed by atoms with Gasteiger partial charge in [-0.15, -0.1) is 0 Å². The van der Waals surface area contributed by atoms with E-state index in [0.29, 0.717) is 12.2 Å². The van der Waals surface area contributed by atoms with E-state index in [1.54, 1.807) is 6.92 Å². The number of aryl methyl sites for hydroxylation is 1. The average molecular weight is 594 g/mol. The summed E-state index contributed by atoms with van der Waals surface area (Å²) in [4.78, 5) is 28.4. The Morgan fingerprint density at radius 3 is 2.17 bits per heavy atom. The molecule has 2 amide bonds. The number of nitrogens with one attached hydrogen (secondary N) is 1. The number of hydrogen-bond donors (Lipinski definition) is 1. The molecular weight excluding hydrogens is 546 g/mol. The van der Waals surface area contributed by atoms with Crippen molar-refractivity contribution in [1.29, 1.82) is 0 Å². The molecule has 42 heavy (non-hydrogen) atoms. The summed E-state index contributed by atoms with van der Waals surface area (Å²) in [6, 6.07) is 15.0. The highest BCUT2D eigenvalue weighted by molar-refractivity contribution is 7.92. The molecular formula is C34H47N3O4S. The number of benzene rings is 2. The van der Waals surface area contributed by atoms with Gasteiger partial charge in [0.2, 0.25) is 21.8 Å². The largest absolute Gasteiger partial charge is 0.354 e. The lowest BCUT2D eigenvalue weighted by Gasteiger charge is -2.57. The normalized spacial score (nSPS) is 25.2. The molecule has 0 saturated heterocycles. The predicted molar refractivity (Wildman–Crippen MR) is 168 cm³/mol. The topological polar surface area (TPSA) is 86.8 Å². The van der Waals surface area contributed by atoms with Gasteiger partial charge < -0.3 is 10.2 Å². The third kappa shape index (κ3) is 6.69. The molecule has 0 heterocycles. The summed E-state index contributed by atoms with van der Waals surface area (Å²) >= 11 is 0. The molecule has 0 unspecified atom stereocenters. The highest BCUT2D eigenvalue weighted by Gasteiger charge is 2.51. The lowest BCUT2D eigenvalue weighted by molar-refractivity contribution is -0.139. The van der Waals surface area contributed by atoms with Crippen LogP contribution < -0.4 is 9.62 Å². The Bertz CT molecular complexity index is 1350. The van der Waals surface area contributed by atoms with Gasteiger partial charge in [0, 0.05) is 13.1 Å². The van der Waals surface area contributed by atoms with Gasteiger partial charge in [0.25, 0.3) is 0 Å². The lowest BCUT2D eigenvalue weighted by atomic mass is 9.48. The Morgan fingerprint density at radius 2 is 1.62 bits per heavy atom. The van der Waals surface area contributed by atoms with E-state index in [2.05, 4.69) is 24.4 Å². The Labute approximate surface area is 252 Å². The first kappa shape index (κ1) is 30.6. The van der Waals surface area contributed by atoms with E-state index in [1.807, 2.05) is 43.3 Å². The zero-order chi connectivity index (χ0) is 30.1. The molecule has 0 aliphatic heterocycles. The summed E-state index contributed by atoms with van der Waals surface area (Å²) in [6.45, 7) is 6.13. The smallest absolute Gasteiger partial charge is 0.244 e. The van der Waals surface area contributed by atoms with Crippen LogP contribution in [0.3, 0.4) is 0 Å². The molecule has 4 aliphatic carbocycles. The van der Waals surface area contributed by atoms with Crippen molar-refractivity contribution in [1.82, 2.24) is 10.2 Å². The first-order chi connectivity index (χ1) is 20.0. The minimum Gasteiger partial charge on any atom is -0.354 e. The predicted octanol–water partition coefficient (Wildman–Crippen LogP) is 5.56. The molecule has 0 spiro atoms. The molecule has 2 aromatic carbocycles. The number of anilines is 1. The summed E-state index contributed by atoms with van der Waals surface area (Å²) in [5.41, 5.74) is 3.95. The number of nitrogens with zero attached hydrogens (tertiary/aromatic N) is 2. The van der Waals surface area contributed by atoms with Crippen molar-refractivity contribution in [2.45, 2.75) is 90.1 Å². The van der Waals surface area contributed by atoms with Crippen molar-refractivity contribution in [3.8, 4) is 0 Å². The fourth-order valence-corrected chi connectivity index (χ4v) is 9.03. The van der Waals surface area contributed by atoms with E-state index in [0.717, 1.165) is 48.0 Å². The van der Waals surface area contributed by atoms with Crippen molar-refractivity contribution < 1.29 is 18.0 Å². The standard InChI is InChI=1S/C34H47N3O4S/c1-5-6-14-35-33(39)25(3)36(22-26-9-7-8-24(2)15-26)32(38)23-37(42(4,40)41)31-12-10-30(11-13-31)34-19-27-16-28(20-34)18-29(17-27)21-34/h7-13,15,25,27-29H,5-6,14,16-23H2,1-4H3,(H,35,39)/t25-,27?,28?,29?,34?/m0/s1. The summed E-state index contributed by atoms with van der Waals surface area (Å²) in [5, 5.41) is 2.93. The molecule has 4 aliphatic rings. The van der Waals surface area contributed by atoms with Crippen LogP contribution in [0.1, 0.15) is 81.9 Å². The Morgan fingerprint density at radius 1 is 1.00 bits per heavy atom. The minimum absolute atomic E-state index is 0.213. The number of rotatable bonds is 12. The SMILES string of the molecule is CCCCNC(=O)[C@H](C)N(Cc1cccc(C)c1)C(=O)CN(c1ccc(C23CC4CC(CC(C4)C2)C3)cc1)S(C)(=O)=O. The summed E-state index contributed by atoms with van der Waals surface area (Å²) in [7, 11) is -3.76. The monoisotopic (exact) mass is 593 g/mol. The third-order valence-corrected chi connectivity index (χ3v) is 11.1.